The second-order valence-corrected chi connectivity index (χ2v) is 6.84. The Bertz CT molecular complexity index is 875. The first-order chi connectivity index (χ1) is 14.5. The van der Waals surface area contributed by atoms with Crippen LogP contribution in [0.2, 0.25) is 0 Å². The third kappa shape index (κ3) is 6.62. The zero-order chi connectivity index (χ0) is 21.9. The molecule has 0 aromatic heterocycles. The molecule has 0 radical (unpaired) electrons. The highest BCUT2D eigenvalue weighted by Crippen LogP contribution is 2.23. The van der Waals surface area contributed by atoms with Crippen molar-refractivity contribution in [2.75, 3.05) is 23.3 Å². The van der Waals surface area contributed by atoms with Gasteiger partial charge < -0.3 is 15.3 Å². The van der Waals surface area contributed by atoms with E-state index in [2.05, 4.69) is 34.6 Å². The number of phenols is 1. The summed E-state index contributed by atoms with van der Waals surface area (Å²) in [5.74, 6) is -0.319. The van der Waals surface area contributed by atoms with E-state index in [1.807, 2.05) is 13.0 Å². The van der Waals surface area contributed by atoms with Crippen LogP contribution in [-0.4, -0.2) is 36.2 Å². The van der Waals surface area contributed by atoms with Crippen molar-refractivity contribution in [2.45, 2.75) is 40.0 Å². The normalized spacial score (nSPS) is 10.8. The van der Waals surface area contributed by atoms with Crippen LogP contribution in [-0.2, 0) is 4.79 Å². The van der Waals surface area contributed by atoms with Gasteiger partial charge >= 0.3 is 0 Å². The molecule has 2 rings (SSSR count). The number of amides is 2. The number of carbonyl (C=O) groups is 2. The second-order valence-electron chi connectivity index (χ2n) is 6.84. The molecular weight excluding hydrogens is 380 g/mol. The first-order valence-corrected chi connectivity index (χ1v) is 10.3. The van der Waals surface area contributed by atoms with E-state index in [0.29, 0.717) is 23.2 Å². The maximum Gasteiger partial charge on any atom is 0.271 e. The monoisotopic (exact) mass is 410 g/mol. The number of nitrogens with zero attached hydrogens (tertiary/aromatic N) is 2. The van der Waals surface area contributed by atoms with E-state index in [1.165, 1.54) is 6.21 Å². The third-order valence-corrected chi connectivity index (χ3v) is 4.70. The molecule has 0 saturated heterocycles. The molecule has 0 unspecified atom stereocenters. The Morgan fingerprint density at radius 2 is 1.77 bits per heavy atom. The van der Waals surface area contributed by atoms with Crippen LogP contribution in [0, 0.1) is 0 Å². The van der Waals surface area contributed by atoms with Crippen molar-refractivity contribution in [3.8, 4) is 5.75 Å². The van der Waals surface area contributed by atoms with Gasteiger partial charge in [-0.1, -0.05) is 13.3 Å². The SMILES string of the molecule is CCCCC(=O)Nc1ccc(C(=O)N/N=C/c2ccc(N(CC)CC)cc2O)cc1. The van der Waals surface area contributed by atoms with Crippen molar-refractivity contribution in [2.24, 2.45) is 5.10 Å². The Labute approximate surface area is 177 Å². The minimum absolute atomic E-state index is 0.0366. The summed E-state index contributed by atoms with van der Waals surface area (Å²) in [4.78, 5) is 26.1. The molecule has 7 heteroatoms. The quantitative estimate of drug-likeness (QED) is 0.405. The van der Waals surface area contributed by atoms with Gasteiger partial charge in [0.2, 0.25) is 5.91 Å². The van der Waals surface area contributed by atoms with Crippen LogP contribution in [0.4, 0.5) is 11.4 Å². The van der Waals surface area contributed by atoms with Gasteiger partial charge in [-0.05, 0) is 56.7 Å². The molecular formula is C23H30N4O3. The minimum Gasteiger partial charge on any atom is -0.507 e. The lowest BCUT2D eigenvalue weighted by atomic mass is 10.2. The lowest BCUT2D eigenvalue weighted by Gasteiger charge is -2.21. The molecule has 2 amide bonds. The standard InChI is InChI=1S/C23H30N4O3/c1-4-7-8-22(29)25-19-12-9-17(10-13-19)23(30)26-24-16-18-11-14-20(15-21(18)28)27(5-2)6-3/h9-16,28H,4-8H2,1-3H3,(H,25,29)(H,26,30)/b24-16+. The first-order valence-electron chi connectivity index (χ1n) is 10.3. The fourth-order valence-corrected chi connectivity index (χ4v) is 2.92. The van der Waals surface area contributed by atoms with Crippen molar-refractivity contribution in [1.29, 1.82) is 0 Å². The van der Waals surface area contributed by atoms with Crippen molar-refractivity contribution in [3.05, 3.63) is 53.6 Å². The predicted molar refractivity (Wildman–Crippen MR) is 121 cm³/mol. The molecule has 0 spiro atoms. The lowest BCUT2D eigenvalue weighted by Crippen LogP contribution is -2.21. The molecule has 0 aliphatic carbocycles. The Morgan fingerprint density at radius 1 is 1.07 bits per heavy atom. The highest BCUT2D eigenvalue weighted by Gasteiger charge is 2.08. The van der Waals surface area contributed by atoms with E-state index in [-0.39, 0.29) is 17.6 Å². The van der Waals surface area contributed by atoms with Gasteiger partial charge in [0.15, 0.2) is 0 Å². The molecule has 0 atom stereocenters. The van der Waals surface area contributed by atoms with Crippen LogP contribution < -0.4 is 15.6 Å². The largest absolute Gasteiger partial charge is 0.507 e. The topological polar surface area (TPSA) is 94.0 Å². The number of hydrogen-bond donors (Lipinski definition) is 3. The van der Waals surface area contributed by atoms with E-state index in [0.717, 1.165) is 31.6 Å². The summed E-state index contributed by atoms with van der Waals surface area (Å²) in [6, 6.07) is 12.0. The number of aromatic hydroxyl groups is 1. The van der Waals surface area contributed by atoms with E-state index < -0.39 is 0 Å². The number of anilines is 2. The molecule has 2 aromatic rings. The third-order valence-electron chi connectivity index (χ3n) is 4.70. The zero-order valence-corrected chi connectivity index (χ0v) is 17.8. The summed E-state index contributed by atoms with van der Waals surface area (Å²) in [5, 5.41) is 16.9. The van der Waals surface area contributed by atoms with Crippen molar-refractivity contribution >= 4 is 29.4 Å². The molecule has 0 aliphatic rings. The van der Waals surface area contributed by atoms with Crippen LogP contribution in [0.1, 0.15) is 56.0 Å². The summed E-state index contributed by atoms with van der Waals surface area (Å²) in [6.07, 6.45) is 3.70. The molecule has 0 saturated carbocycles. The van der Waals surface area contributed by atoms with Crippen molar-refractivity contribution < 1.29 is 14.7 Å². The average Bonchev–Trinajstić information content (AvgIpc) is 2.75. The molecule has 0 bridgehead atoms. The smallest absolute Gasteiger partial charge is 0.271 e. The van der Waals surface area contributed by atoms with Gasteiger partial charge in [-0.25, -0.2) is 5.43 Å². The number of phenolic OH excluding ortho intramolecular Hbond substituents is 1. The molecule has 0 fully saturated rings. The van der Waals surface area contributed by atoms with Crippen LogP contribution in [0.15, 0.2) is 47.6 Å². The van der Waals surface area contributed by atoms with E-state index in [4.69, 9.17) is 0 Å². The highest BCUT2D eigenvalue weighted by molar-refractivity contribution is 5.96. The molecule has 2 aromatic carbocycles. The van der Waals surface area contributed by atoms with Gasteiger partial charge in [0.05, 0.1) is 6.21 Å². The first kappa shape index (κ1) is 22.9. The van der Waals surface area contributed by atoms with E-state index in [9.17, 15) is 14.7 Å². The Balaban J connectivity index is 1.93. The van der Waals surface area contributed by atoms with Crippen LogP contribution in [0.3, 0.4) is 0 Å². The number of hydrogen-bond acceptors (Lipinski definition) is 5. The Morgan fingerprint density at radius 3 is 2.37 bits per heavy atom. The summed E-state index contributed by atoms with van der Waals surface area (Å²) < 4.78 is 0. The van der Waals surface area contributed by atoms with Crippen molar-refractivity contribution in [3.63, 3.8) is 0 Å². The zero-order valence-electron chi connectivity index (χ0n) is 17.8. The number of hydrazone groups is 1. The molecule has 30 heavy (non-hydrogen) atoms. The number of benzene rings is 2. The van der Waals surface area contributed by atoms with Gasteiger partial charge in [0.25, 0.3) is 5.91 Å². The average molecular weight is 411 g/mol. The van der Waals surface area contributed by atoms with Crippen LogP contribution in [0.5, 0.6) is 5.75 Å². The fraction of sp³-hybridized carbons (Fsp3) is 0.348. The Kier molecular flexibility index (Phi) is 8.87. The summed E-state index contributed by atoms with van der Waals surface area (Å²) >= 11 is 0. The van der Waals surface area contributed by atoms with Crippen molar-refractivity contribution in [1.82, 2.24) is 5.43 Å². The highest BCUT2D eigenvalue weighted by atomic mass is 16.3. The van der Waals surface area contributed by atoms with Gasteiger partial charge in [-0.15, -0.1) is 0 Å². The number of rotatable bonds is 10. The van der Waals surface area contributed by atoms with E-state index >= 15 is 0 Å². The van der Waals surface area contributed by atoms with Gasteiger partial charge in [0.1, 0.15) is 5.75 Å². The number of carbonyl (C=O) groups excluding carboxylic acids is 2. The molecule has 0 aliphatic heterocycles. The van der Waals surface area contributed by atoms with Gasteiger partial charge in [-0.2, -0.15) is 5.10 Å². The summed E-state index contributed by atoms with van der Waals surface area (Å²) in [6.45, 7) is 7.84. The lowest BCUT2D eigenvalue weighted by molar-refractivity contribution is -0.116. The maximum atomic E-state index is 12.2. The summed E-state index contributed by atoms with van der Waals surface area (Å²) in [5.41, 5.74) is 4.95. The van der Waals surface area contributed by atoms with Gasteiger partial charge in [0, 0.05) is 48.1 Å². The molecule has 3 N–H and O–H groups in total. The predicted octanol–water partition coefficient (Wildman–Crippen LogP) is 4.13. The van der Waals surface area contributed by atoms with Crippen LogP contribution >= 0.6 is 0 Å². The molecule has 7 nitrogen and oxygen atoms in total. The number of unbranched alkanes of at least 4 members (excludes halogenated alkanes) is 1. The minimum atomic E-state index is -0.380. The second kappa shape index (κ2) is 11.6. The fourth-order valence-electron chi connectivity index (χ4n) is 2.92. The van der Waals surface area contributed by atoms with Crippen LogP contribution in [0.25, 0.3) is 0 Å². The van der Waals surface area contributed by atoms with E-state index in [1.54, 1.807) is 36.4 Å². The molecule has 0 heterocycles. The van der Waals surface area contributed by atoms with Gasteiger partial charge in [-0.3, -0.25) is 9.59 Å². The summed E-state index contributed by atoms with van der Waals surface area (Å²) in [7, 11) is 0. The maximum absolute atomic E-state index is 12.2. The molecule has 160 valence electrons. The Hall–Kier alpha value is -3.35. The number of nitrogens with one attached hydrogen (secondary N) is 2.